The maximum atomic E-state index is 5.39. The summed E-state index contributed by atoms with van der Waals surface area (Å²) in [6.45, 7) is 0. The molecule has 0 fully saturated rings. The third-order valence-electron chi connectivity index (χ3n) is 3.62. The first-order valence-corrected chi connectivity index (χ1v) is 7.11. The van der Waals surface area contributed by atoms with Crippen LogP contribution in [0.4, 0.5) is 0 Å². The molecule has 0 spiro atoms. The molecule has 1 aromatic carbocycles. The molecule has 0 saturated heterocycles. The fraction of sp³-hybridized carbons (Fsp3) is 0.0588. The van der Waals surface area contributed by atoms with Crippen LogP contribution in [0.5, 0.6) is 5.75 Å². The monoisotopic (exact) mass is 303 g/mol. The molecule has 0 unspecified atom stereocenters. The number of hydrogen-bond donors (Lipinski definition) is 0. The molecule has 4 rings (SSSR count). The van der Waals surface area contributed by atoms with Crippen molar-refractivity contribution in [2.75, 3.05) is 7.11 Å². The lowest BCUT2D eigenvalue weighted by Gasteiger charge is -2.10. The van der Waals surface area contributed by atoms with Gasteiger partial charge in [-0.2, -0.15) is 5.10 Å². The Morgan fingerprint density at radius 3 is 2.78 bits per heavy atom. The van der Waals surface area contributed by atoms with Gasteiger partial charge in [-0.3, -0.25) is 4.98 Å². The van der Waals surface area contributed by atoms with Gasteiger partial charge in [0.15, 0.2) is 5.82 Å². The van der Waals surface area contributed by atoms with Crippen LogP contribution in [0.1, 0.15) is 0 Å². The molecule has 3 heterocycles. The summed E-state index contributed by atoms with van der Waals surface area (Å²) in [6, 6.07) is 11.6. The van der Waals surface area contributed by atoms with Crippen LogP contribution in [-0.4, -0.2) is 31.8 Å². The molecule has 0 saturated carbocycles. The average Bonchev–Trinajstić information content (AvgIpc) is 3.15. The molecule has 6 heteroatoms. The third kappa shape index (κ3) is 2.30. The van der Waals surface area contributed by atoms with Crippen LogP contribution in [0.2, 0.25) is 0 Å². The van der Waals surface area contributed by atoms with Crippen molar-refractivity contribution in [1.82, 2.24) is 24.7 Å². The molecule has 0 aliphatic rings. The number of pyridine rings is 1. The Hall–Kier alpha value is -3.28. The Balaban J connectivity index is 1.92. The van der Waals surface area contributed by atoms with Crippen molar-refractivity contribution in [3.63, 3.8) is 0 Å². The van der Waals surface area contributed by atoms with E-state index in [0.717, 1.165) is 27.9 Å². The summed E-state index contributed by atoms with van der Waals surface area (Å²) in [5.41, 5.74) is 2.60. The lowest BCUT2D eigenvalue weighted by molar-refractivity contribution is 0.419. The molecule has 0 amide bonds. The molecular formula is C17H13N5O. The van der Waals surface area contributed by atoms with Gasteiger partial charge in [0, 0.05) is 35.6 Å². The highest BCUT2D eigenvalue weighted by Gasteiger charge is 2.11. The minimum atomic E-state index is 0.716. The quantitative estimate of drug-likeness (QED) is 0.582. The van der Waals surface area contributed by atoms with Gasteiger partial charge in [0.1, 0.15) is 17.6 Å². The Labute approximate surface area is 132 Å². The second-order valence-electron chi connectivity index (χ2n) is 4.93. The first kappa shape index (κ1) is 13.4. The van der Waals surface area contributed by atoms with Crippen molar-refractivity contribution >= 4 is 10.9 Å². The molecule has 0 bridgehead atoms. The van der Waals surface area contributed by atoms with Gasteiger partial charge in [-0.15, -0.1) is 0 Å². The van der Waals surface area contributed by atoms with Crippen molar-refractivity contribution in [2.24, 2.45) is 0 Å². The molecule has 4 aromatic rings. The van der Waals surface area contributed by atoms with E-state index in [0.29, 0.717) is 5.82 Å². The van der Waals surface area contributed by atoms with Crippen LogP contribution in [0, 0.1) is 0 Å². The largest absolute Gasteiger partial charge is 0.494 e. The van der Waals surface area contributed by atoms with Gasteiger partial charge in [0.25, 0.3) is 0 Å². The third-order valence-corrected chi connectivity index (χ3v) is 3.62. The number of hydrogen-bond acceptors (Lipinski definition) is 5. The molecular weight excluding hydrogens is 290 g/mol. The standard InChI is InChI=1S/C17H13N5O/c1-23-15-6-5-12(13-4-2-7-18-17(13)15)14-10-16(20-11-19-14)22-9-3-8-21-22/h2-11H,1H3. The maximum Gasteiger partial charge on any atom is 0.157 e. The lowest BCUT2D eigenvalue weighted by Crippen LogP contribution is -1.99. The van der Waals surface area contributed by atoms with Gasteiger partial charge in [-0.05, 0) is 24.3 Å². The number of ether oxygens (including phenoxy) is 1. The molecule has 6 nitrogen and oxygen atoms in total. The van der Waals surface area contributed by atoms with E-state index in [1.54, 1.807) is 30.5 Å². The summed E-state index contributed by atoms with van der Waals surface area (Å²) in [7, 11) is 1.64. The predicted octanol–water partition coefficient (Wildman–Crippen LogP) is 2.89. The molecule has 0 atom stereocenters. The van der Waals surface area contributed by atoms with E-state index in [2.05, 4.69) is 20.1 Å². The summed E-state index contributed by atoms with van der Waals surface area (Å²) in [6.07, 6.45) is 6.86. The normalized spacial score (nSPS) is 10.8. The second-order valence-corrected chi connectivity index (χ2v) is 4.93. The SMILES string of the molecule is COc1ccc(-c2cc(-n3cccn3)ncn2)c2cccnc12. The Kier molecular flexibility index (Phi) is 3.20. The number of methoxy groups -OCH3 is 1. The Bertz CT molecular complexity index is 966. The van der Waals surface area contributed by atoms with Crippen molar-refractivity contribution in [2.45, 2.75) is 0 Å². The maximum absolute atomic E-state index is 5.39. The van der Waals surface area contributed by atoms with Gasteiger partial charge in [0.2, 0.25) is 0 Å². The van der Waals surface area contributed by atoms with Crippen LogP contribution >= 0.6 is 0 Å². The van der Waals surface area contributed by atoms with Gasteiger partial charge in [0.05, 0.1) is 12.8 Å². The Morgan fingerprint density at radius 1 is 1.00 bits per heavy atom. The van der Waals surface area contributed by atoms with Crippen LogP contribution in [0.3, 0.4) is 0 Å². The van der Waals surface area contributed by atoms with Crippen LogP contribution in [0.25, 0.3) is 28.0 Å². The zero-order valence-corrected chi connectivity index (χ0v) is 12.4. The molecule has 0 aliphatic heterocycles. The van der Waals surface area contributed by atoms with Crippen molar-refractivity contribution in [3.8, 4) is 22.8 Å². The van der Waals surface area contributed by atoms with Gasteiger partial charge in [-0.1, -0.05) is 6.07 Å². The number of benzene rings is 1. The van der Waals surface area contributed by atoms with Crippen LogP contribution in [-0.2, 0) is 0 Å². The highest BCUT2D eigenvalue weighted by atomic mass is 16.5. The summed E-state index contributed by atoms with van der Waals surface area (Å²) >= 11 is 0. The van der Waals surface area contributed by atoms with Gasteiger partial charge in [-0.25, -0.2) is 14.6 Å². The molecule has 0 radical (unpaired) electrons. The first-order valence-electron chi connectivity index (χ1n) is 7.11. The second kappa shape index (κ2) is 5.49. The van der Waals surface area contributed by atoms with E-state index in [1.165, 1.54) is 0 Å². The lowest BCUT2D eigenvalue weighted by atomic mass is 10.0. The summed E-state index contributed by atoms with van der Waals surface area (Å²) < 4.78 is 7.10. The summed E-state index contributed by atoms with van der Waals surface area (Å²) in [5, 5.41) is 5.19. The zero-order chi connectivity index (χ0) is 15.6. The summed E-state index contributed by atoms with van der Waals surface area (Å²) in [4.78, 5) is 13.1. The minimum absolute atomic E-state index is 0.716. The van der Waals surface area contributed by atoms with E-state index in [4.69, 9.17) is 4.74 Å². The van der Waals surface area contributed by atoms with Crippen molar-refractivity contribution in [1.29, 1.82) is 0 Å². The van der Waals surface area contributed by atoms with Crippen molar-refractivity contribution in [3.05, 3.63) is 61.3 Å². The molecule has 0 aliphatic carbocycles. The van der Waals surface area contributed by atoms with Crippen LogP contribution < -0.4 is 4.74 Å². The van der Waals surface area contributed by atoms with E-state index in [-0.39, 0.29) is 0 Å². The first-order chi connectivity index (χ1) is 11.4. The summed E-state index contributed by atoms with van der Waals surface area (Å²) in [5.74, 6) is 1.46. The molecule has 0 N–H and O–H groups in total. The fourth-order valence-electron chi connectivity index (χ4n) is 2.56. The van der Waals surface area contributed by atoms with E-state index in [9.17, 15) is 0 Å². The van der Waals surface area contributed by atoms with Gasteiger partial charge < -0.3 is 4.74 Å². The number of fused-ring (bicyclic) bond motifs is 1. The Morgan fingerprint density at radius 2 is 1.96 bits per heavy atom. The topological polar surface area (TPSA) is 65.7 Å². The predicted molar refractivity (Wildman–Crippen MR) is 86.4 cm³/mol. The van der Waals surface area contributed by atoms with E-state index >= 15 is 0 Å². The van der Waals surface area contributed by atoms with Crippen molar-refractivity contribution < 1.29 is 4.74 Å². The zero-order valence-electron chi connectivity index (χ0n) is 12.4. The molecule has 23 heavy (non-hydrogen) atoms. The van der Waals surface area contributed by atoms with Gasteiger partial charge >= 0.3 is 0 Å². The number of aromatic nitrogens is 5. The smallest absolute Gasteiger partial charge is 0.157 e. The highest BCUT2D eigenvalue weighted by molar-refractivity contribution is 5.97. The van der Waals surface area contributed by atoms with E-state index < -0.39 is 0 Å². The number of rotatable bonds is 3. The average molecular weight is 303 g/mol. The highest BCUT2D eigenvalue weighted by Crippen LogP contribution is 2.32. The molecule has 112 valence electrons. The number of nitrogens with zero attached hydrogens (tertiary/aromatic N) is 5. The minimum Gasteiger partial charge on any atom is -0.494 e. The van der Waals surface area contributed by atoms with Crippen LogP contribution in [0.15, 0.2) is 61.3 Å². The molecule has 3 aromatic heterocycles. The van der Waals surface area contributed by atoms with E-state index in [1.807, 2.05) is 42.6 Å². The fourth-order valence-corrected chi connectivity index (χ4v) is 2.56.